The molecule has 1 saturated carbocycles. The molecule has 2 aromatic rings. The van der Waals surface area contributed by atoms with Gasteiger partial charge in [0.2, 0.25) is 5.60 Å². The van der Waals surface area contributed by atoms with E-state index >= 15 is 0 Å². The molecule has 4 heterocycles. The molecule has 9 N–H and O–H groups in total. The Morgan fingerprint density at radius 2 is 1.98 bits per heavy atom. The molecule has 3 fully saturated rings. The molecule has 20 nitrogen and oxygen atoms in total. The fourth-order valence-electron chi connectivity index (χ4n) is 5.20. The van der Waals surface area contributed by atoms with Crippen molar-refractivity contribution in [3.05, 3.63) is 23.0 Å². The minimum Gasteiger partial charge on any atom is -0.478 e. The van der Waals surface area contributed by atoms with Crippen LogP contribution >= 0.6 is 11.3 Å². The molecular weight excluding hydrogens is 636 g/mol. The van der Waals surface area contributed by atoms with Gasteiger partial charge in [-0.3, -0.25) is 14.1 Å². The van der Waals surface area contributed by atoms with Gasteiger partial charge in [0.25, 0.3) is 11.8 Å². The molecule has 5 rings (SSSR count). The maximum atomic E-state index is 13.4. The summed E-state index contributed by atoms with van der Waals surface area (Å²) in [5, 5.41) is 25.7. The van der Waals surface area contributed by atoms with Crippen LogP contribution in [0.3, 0.4) is 0 Å². The number of nitrogens with zero attached hydrogens (tertiary/aromatic N) is 8. The van der Waals surface area contributed by atoms with Gasteiger partial charge < -0.3 is 37.4 Å². The van der Waals surface area contributed by atoms with E-state index < -0.39 is 51.5 Å². The number of hydrogen-bond donors (Lipinski definition) is 6. The van der Waals surface area contributed by atoms with Crippen LogP contribution in [0.15, 0.2) is 21.7 Å². The Morgan fingerprint density at radius 3 is 2.58 bits per heavy atom. The number of carboxylic acid groups (broad SMARTS) is 1. The van der Waals surface area contributed by atoms with E-state index in [-0.39, 0.29) is 41.1 Å². The molecule has 0 radical (unpaired) electrons. The third kappa shape index (κ3) is 6.67. The van der Waals surface area contributed by atoms with E-state index in [2.05, 4.69) is 30.6 Å². The van der Waals surface area contributed by atoms with Crippen molar-refractivity contribution in [1.82, 2.24) is 34.5 Å². The molecular formula is C23H32N12O8S2. The lowest BCUT2D eigenvalue weighted by Gasteiger charge is -2.43. The number of aliphatic carboxylic acids is 1. The van der Waals surface area contributed by atoms with Crippen LogP contribution in [0.5, 0.6) is 0 Å². The van der Waals surface area contributed by atoms with Crippen molar-refractivity contribution in [1.29, 1.82) is 0 Å². The summed E-state index contributed by atoms with van der Waals surface area (Å²) in [4.78, 5) is 54.8. The normalized spacial score (nSPS) is 22.2. The summed E-state index contributed by atoms with van der Waals surface area (Å²) in [7, 11) is -5.03. The molecule has 0 unspecified atom stereocenters. The third-order valence-electron chi connectivity index (χ3n) is 7.75. The molecule has 1 aliphatic carbocycles. The summed E-state index contributed by atoms with van der Waals surface area (Å²) in [5.74, 6) is -2.75. The van der Waals surface area contributed by atoms with E-state index in [9.17, 15) is 32.5 Å². The molecule has 0 spiro atoms. The van der Waals surface area contributed by atoms with Gasteiger partial charge in [-0.25, -0.2) is 19.1 Å². The van der Waals surface area contributed by atoms with Gasteiger partial charge in [0.15, 0.2) is 16.8 Å². The third-order valence-corrected chi connectivity index (χ3v) is 9.37. The number of hydrogen-bond acceptors (Lipinski definition) is 14. The number of nitrogens with one attached hydrogen (secondary N) is 1. The first-order valence-corrected chi connectivity index (χ1v) is 16.1. The highest BCUT2D eigenvalue weighted by Gasteiger charge is 2.55. The number of guanidine groups is 1. The van der Waals surface area contributed by atoms with E-state index in [1.165, 1.54) is 11.6 Å². The van der Waals surface area contributed by atoms with E-state index in [0.717, 1.165) is 16.1 Å². The lowest BCUT2D eigenvalue weighted by Crippen LogP contribution is -2.73. The number of amides is 2. The van der Waals surface area contributed by atoms with E-state index in [4.69, 9.17) is 22.0 Å². The Morgan fingerprint density at radius 1 is 1.27 bits per heavy atom. The van der Waals surface area contributed by atoms with Crippen molar-refractivity contribution < 1.29 is 37.3 Å². The second kappa shape index (κ2) is 12.5. The number of β-lactam (4-membered cyclic amide) rings is 1. The van der Waals surface area contributed by atoms with Gasteiger partial charge in [0.1, 0.15) is 23.5 Å². The van der Waals surface area contributed by atoms with Gasteiger partial charge in [-0.2, -0.15) is 23.4 Å². The van der Waals surface area contributed by atoms with Crippen molar-refractivity contribution >= 4 is 56.2 Å². The minimum absolute atomic E-state index is 0.0570. The number of likely N-dealkylation sites (tertiary alicyclic amines) is 1. The summed E-state index contributed by atoms with van der Waals surface area (Å²) in [6.45, 7) is 1.66. The van der Waals surface area contributed by atoms with Crippen LogP contribution in [-0.4, -0.2) is 114 Å². The number of nitrogen functional groups attached to an aromatic ring is 1. The summed E-state index contributed by atoms with van der Waals surface area (Å²) in [5.41, 5.74) is 15.5. The SMILES string of the molecule is NCC1CN(C(N)=NCc2cnn(C[C@@H]3[C@H](NC(=O)/C(=N\OC4(C(=O)O)CCCC4)c4csc(N)n4)C(=O)N3S(=O)(=O)O)n2)C1. The molecule has 2 amide bonds. The Labute approximate surface area is 260 Å². The van der Waals surface area contributed by atoms with Gasteiger partial charge in [-0.05, 0) is 19.4 Å². The molecule has 2 saturated heterocycles. The average Bonchev–Trinajstić information content (AvgIpc) is 3.71. The maximum absolute atomic E-state index is 13.4. The average molecular weight is 669 g/mol. The van der Waals surface area contributed by atoms with Crippen LogP contribution in [-0.2, 0) is 42.6 Å². The van der Waals surface area contributed by atoms with Crippen molar-refractivity contribution in [3.8, 4) is 0 Å². The number of aromatic nitrogens is 4. The number of carboxylic acids is 1. The number of nitrogens with two attached hydrogens (primary N) is 3. The first-order chi connectivity index (χ1) is 21.3. The topological polar surface area (TPSA) is 300 Å². The molecule has 0 aromatic carbocycles. The molecule has 244 valence electrons. The molecule has 0 bridgehead atoms. The lowest BCUT2D eigenvalue weighted by atomic mass is 9.98. The van der Waals surface area contributed by atoms with Crippen LogP contribution in [0.2, 0.25) is 0 Å². The number of oxime groups is 1. The second-order valence-electron chi connectivity index (χ2n) is 10.8. The Kier molecular flexibility index (Phi) is 8.91. The van der Waals surface area contributed by atoms with Crippen LogP contribution in [0.4, 0.5) is 5.13 Å². The van der Waals surface area contributed by atoms with E-state index in [1.807, 2.05) is 4.90 Å². The van der Waals surface area contributed by atoms with Crippen LogP contribution in [0, 0.1) is 5.92 Å². The summed E-state index contributed by atoms with van der Waals surface area (Å²) < 4.78 is 33.9. The van der Waals surface area contributed by atoms with E-state index in [1.54, 1.807) is 0 Å². The fraction of sp³-hybridized carbons (Fsp3) is 0.565. The van der Waals surface area contributed by atoms with Gasteiger partial charge in [-0.15, -0.1) is 11.3 Å². The molecule has 45 heavy (non-hydrogen) atoms. The smallest absolute Gasteiger partial charge is 0.362 e. The quantitative estimate of drug-likeness (QED) is 0.0442. The molecule has 2 aliphatic heterocycles. The first kappa shape index (κ1) is 32.0. The predicted molar refractivity (Wildman–Crippen MR) is 157 cm³/mol. The number of anilines is 1. The number of carbonyl (C=O) groups is 3. The minimum atomic E-state index is -5.03. The molecule has 2 atom stereocenters. The lowest BCUT2D eigenvalue weighted by molar-refractivity contribution is -0.165. The molecule has 3 aliphatic rings. The monoisotopic (exact) mass is 668 g/mol. The number of rotatable bonds is 12. The van der Waals surface area contributed by atoms with Crippen LogP contribution in [0.1, 0.15) is 37.1 Å². The zero-order chi connectivity index (χ0) is 32.5. The summed E-state index contributed by atoms with van der Waals surface area (Å²) in [6, 6.07) is -2.83. The zero-order valence-electron chi connectivity index (χ0n) is 23.7. The van der Waals surface area contributed by atoms with E-state index in [0.29, 0.717) is 50.0 Å². The maximum Gasteiger partial charge on any atom is 0.362 e. The highest BCUT2D eigenvalue weighted by molar-refractivity contribution is 7.84. The number of thiazole rings is 1. The first-order valence-electron chi connectivity index (χ1n) is 13.8. The van der Waals surface area contributed by atoms with Crippen molar-refractivity contribution in [3.63, 3.8) is 0 Å². The summed E-state index contributed by atoms with van der Waals surface area (Å²) >= 11 is 0.976. The largest absolute Gasteiger partial charge is 0.478 e. The Bertz CT molecular complexity index is 1630. The predicted octanol–water partition coefficient (Wildman–Crippen LogP) is -2.66. The highest BCUT2D eigenvalue weighted by Crippen LogP contribution is 2.34. The molecule has 2 aromatic heterocycles. The van der Waals surface area contributed by atoms with Crippen LogP contribution in [0.25, 0.3) is 0 Å². The molecule has 22 heteroatoms. The highest BCUT2D eigenvalue weighted by atomic mass is 32.2. The number of carbonyl (C=O) groups excluding carboxylic acids is 2. The van der Waals surface area contributed by atoms with Crippen molar-refractivity contribution in [2.24, 2.45) is 27.5 Å². The zero-order valence-corrected chi connectivity index (χ0v) is 25.4. The van der Waals surface area contributed by atoms with Crippen molar-refractivity contribution in [2.45, 2.75) is 56.5 Å². The number of aliphatic imine (C=N–C) groups is 1. The van der Waals surface area contributed by atoms with Gasteiger partial charge in [0.05, 0.1) is 19.3 Å². The standard InChI is InChI=1S/C23H32N12O8S2/c24-5-12-8-33(9-12)21(25)27-6-13-7-28-34(31-13)10-15-17(19(37)35(15)45(40,41)42)30-18(36)16(14-11-44-22(26)29-14)32-43-23(20(38)39)3-1-2-4-23/h7,11-12,15,17H,1-6,8-10,24H2,(H2,25,27)(H2,26,29)(H,30,36)(H,38,39)(H,40,41,42)/b32-16-/t15-,17+/m1/s1. The van der Waals surface area contributed by atoms with Gasteiger partial charge in [0, 0.05) is 37.2 Å². The van der Waals surface area contributed by atoms with Gasteiger partial charge >= 0.3 is 16.3 Å². The second-order valence-corrected chi connectivity index (χ2v) is 13.0. The fourth-order valence-corrected chi connectivity index (χ4v) is 6.62. The Balaban J connectivity index is 1.32. The van der Waals surface area contributed by atoms with Crippen molar-refractivity contribution in [2.75, 3.05) is 25.4 Å². The van der Waals surface area contributed by atoms with Crippen LogP contribution < -0.4 is 22.5 Å². The Hall–Kier alpha value is -4.41. The summed E-state index contributed by atoms with van der Waals surface area (Å²) in [6.07, 6.45) is 2.85. The van der Waals surface area contributed by atoms with Gasteiger partial charge in [-0.1, -0.05) is 5.16 Å².